The Balaban J connectivity index is 2.10. The van der Waals surface area contributed by atoms with Gasteiger partial charge >= 0.3 is 0 Å². The fourth-order valence-corrected chi connectivity index (χ4v) is 2.93. The van der Waals surface area contributed by atoms with Gasteiger partial charge in [0, 0.05) is 19.1 Å². The fourth-order valence-electron chi connectivity index (χ4n) is 2.93. The number of likely N-dealkylation sites (N-methyl/N-ethyl adjacent to an activating group) is 1. The number of anilines is 2. The second kappa shape index (κ2) is 5.61. The highest BCUT2D eigenvalue weighted by Gasteiger charge is 2.27. The van der Waals surface area contributed by atoms with Gasteiger partial charge in [-0.15, -0.1) is 0 Å². The Hall–Kier alpha value is -1.22. The Morgan fingerprint density at radius 2 is 2.06 bits per heavy atom. The molecule has 1 heterocycles. The third kappa shape index (κ3) is 2.61. The average molecular weight is 247 g/mol. The van der Waals surface area contributed by atoms with Crippen molar-refractivity contribution in [2.45, 2.75) is 33.2 Å². The predicted molar refractivity (Wildman–Crippen MR) is 79.1 cm³/mol. The van der Waals surface area contributed by atoms with Gasteiger partial charge in [0.25, 0.3) is 0 Å². The normalized spacial score (nSPS) is 19.8. The molecule has 1 fully saturated rings. The summed E-state index contributed by atoms with van der Waals surface area (Å²) in [6, 6.07) is 6.99. The number of nitrogens with two attached hydrogens (primary N) is 1. The molecule has 2 N–H and O–H groups in total. The van der Waals surface area contributed by atoms with E-state index in [2.05, 4.69) is 42.7 Å². The number of hydrogen-bond acceptors (Lipinski definition) is 3. The molecule has 1 aromatic rings. The summed E-state index contributed by atoms with van der Waals surface area (Å²) in [5.74, 6) is 0. The molecular weight excluding hydrogens is 222 g/mol. The van der Waals surface area contributed by atoms with E-state index in [9.17, 15) is 0 Å². The first-order valence-corrected chi connectivity index (χ1v) is 7.00. The SMILES string of the molecule is CCN(CC)C1CCN(c2cc(C)ccc2N)C1. The first-order chi connectivity index (χ1) is 8.65. The first-order valence-electron chi connectivity index (χ1n) is 7.00. The minimum absolute atomic E-state index is 0.680. The van der Waals surface area contributed by atoms with Crippen LogP contribution in [0.15, 0.2) is 18.2 Å². The van der Waals surface area contributed by atoms with Gasteiger partial charge in [-0.1, -0.05) is 19.9 Å². The largest absolute Gasteiger partial charge is 0.397 e. The lowest BCUT2D eigenvalue weighted by Crippen LogP contribution is -2.37. The second-order valence-corrected chi connectivity index (χ2v) is 5.17. The molecule has 1 aliphatic rings. The van der Waals surface area contributed by atoms with Crippen molar-refractivity contribution < 1.29 is 0 Å². The molecule has 0 radical (unpaired) electrons. The summed E-state index contributed by atoms with van der Waals surface area (Å²) in [6.07, 6.45) is 1.25. The Kier molecular flexibility index (Phi) is 4.12. The van der Waals surface area contributed by atoms with Gasteiger partial charge in [0.2, 0.25) is 0 Å². The first kappa shape index (κ1) is 13.2. The molecule has 2 rings (SSSR count). The van der Waals surface area contributed by atoms with Crippen LogP contribution in [0.25, 0.3) is 0 Å². The van der Waals surface area contributed by atoms with Gasteiger partial charge in [-0.3, -0.25) is 4.90 Å². The van der Waals surface area contributed by atoms with Crippen molar-refractivity contribution in [3.05, 3.63) is 23.8 Å². The summed E-state index contributed by atoms with van der Waals surface area (Å²) in [6.45, 7) is 11.1. The van der Waals surface area contributed by atoms with Crippen LogP contribution >= 0.6 is 0 Å². The third-order valence-corrected chi connectivity index (χ3v) is 4.02. The maximum atomic E-state index is 6.10. The molecule has 3 heteroatoms. The van der Waals surface area contributed by atoms with Gasteiger partial charge in [0.1, 0.15) is 0 Å². The second-order valence-electron chi connectivity index (χ2n) is 5.17. The van der Waals surface area contributed by atoms with Gasteiger partial charge < -0.3 is 10.6 Å². The maximum Gasteiger partial charge on any atom is 0.0603 e. The summed E-state index contributed by atoms with van der Waals surface area (Å²) in [7, 11) is 0. The molecule has 1 unspecified atom stereocenters. The van der Waals surface area contributed by atoms with Crippen molar-refractivity contribution in [3.8, 4) is 0 Å². The lowest BCUT2D eigenvalue weighted by molar-refractivity contribution is 0.232. The summed E-state index contributed by atoms with van der Waals surface area (Å²) >= 11 is 0. The van der Waals surface area contributed by atoms with Crippen LogP contribution in [0.5, 0.6) is 0 Å². The monoisotopic (exact) mass is 247 g/mol. The maximum absolute atomic E-state index is 6.10. The topological polar surface area (TPSA) is 32.5 Å². The minimum atomic E-state index is 0.680. The van der Waals surface area contributed by atoms with E-state index in [0.717, 1.165) is 31.9 Å². The van der Waals surface area contributed by atoms with Crippen LogP contribution in [0.3, 0.4) is 0 Å². The van der Waals surface area contributed by atoms with Crippen LogP contribution in [-0.4, -0.2) is 37.1 Å². The van der Waals surface area contributed by atoms with E-state index in [0.29, 0.717) is 6.04 Å². The predicted octanol–water partition coefficient (Wildman–Crippen LogP) is 2.50. The quantitative estimate of drug-likeness (QED) is 0.830. The third-order valence-electron chi connectivity index (χ3n) is 4.02. The van der Waals surface area contributed by atoms with Gasteiger partial charge in [0.05, 0.1) is 11.4 Å². The highest BCUT2D eigenvalue weighted by atomic mass is 15.3. The van der Waals surface area contributed by atoms with Crippen molar-refractivity contribution in [3.63, 3.8) is 0 Å². The zero-order valence-electron chi connectivity index (χ0n) is 11.8. The van der Waals surface area contributed by atoms with Crippen molar-refractivity contribution in [2.24, 2.45) is 0 Å². The summed E-state index contributed by atoms with van der Waals surface area (Å²) in [5.41, 5.74) is 9.50. The molecule has 0 aliphatic carbocycles. The molecule has 1 saturated heterocycles. The van der Waals surface area contributed by atoms with E-state index in [4.69, 9.17) is 5.73 Å². The van der Waals surface area contributed by atoms with Crippen molar-refractivity contribution in [1.29, 1.82) is 0 Å². The lowest BCUT2D eigenvalue weighted by Gasteiger charge is -2.27. The molecule has 1 aromatic carbocycles. The number of hydrogen-bond donors (Lipinski definition) is 1. The van der Waals surface area contributed by atoms with E-state index in [1.165, 1.54) is 17.7 Å². The zero-order valence-corrected chi connectivity index (χ0v) is 11.8. The van der Waals surface area contributed by atoms with Gasteiger partial charge in [-0.2, -0.15) is 0 Å². The van der Waals surface area contributed by atoms with E-state index < -0.39 is 0 Å². The number of rotatable bonds is 4. The molecule has 100 valence electrons. The van der Waals surface area contributed by atoms with E-state index in [-0.39, 0.29) is 0 Å². The van der Waals surface area contributed by atoms with E-state index in [1.807, 2.05) is 6.07 Å². The molecule has 3 nitrogen and oxygen atoms in total. The average Bonchev–Trinajstić information content (AvgIpc) is 2.83. The Morgan fingerprint density at radius 1 is 1.33 bits per heavy atom. The van der Waals surface area contributed by atoms with Crippen LogP contribution < -0.4 is 10.6 Å². The molecular formula is C15H25N3. The zero-order chi connectivity index (χ0) is 13.1. The van der Waals surface area contributed by atoms with Gasteiger partial charge in [-0.25, -0.2) is 0 Å². The fraction of sp³-hybridized carbons (Fsp3) is 0.600. The number of nitrogens with zero attached hydrogens (tertiary/aromatic N) is 2. The Morgan fingerprint density at radius 3 is 2.72 bits per heavy atom. The molecule has 18 heavy (non-hydrogen) atoms. The van der Waals surface area contributed by atoms with Crippen molar-refractivity contribution in [2.75, 3.05) is 36.8 Å². The summed E-state index contributed by atoms with van der Waals surface area (Å²) in [5, 5.41) is 0. The molecule has 0 bridgehead atoms. The van der Waals surface area contributed by atoms with Crippen LogP contribution in [-0.2, 0) is 0 Å². The molecule has 0 spiro atoms. The standard InChI is InChI=1S/C15H25N3/c1-4-17(5-2)13-8-9-18(11-13)15-10-12(3)6-7-14(15)16/h6-7,10,13H,4-5,8-9,11,16H2,1-3H3. The van der Waals surface area contributed by atoms with Gasteiger partial charge in [0.15, 0.2) is 0 Å². The number of aryl methyl sites for hydroxylation is 1. The highest BCUT2D eigenvalue weighted by Crippen LogP contribution is 2.29. The lowest BCUT2D eigenvalue weighted by atomic mass is 10.2. The molecule has 0 amide bonds. The highest BCUT2D eigenvalue weighted by molar-refractivity contribution is 5.69. The smallest absolute Gasteiger partial charge is 0.0603 e. The molecule has 1 atom stereocenters. The van der Waals surface area contributed by atoms with Crippen LogP contribution in [0.1, 0.15) is 25.8 Å². The Bertz CT molecular complexity index is 399. The number of benzene rings is 1. The van der Waals surface area contributed by atoms with Crippen molar-refractivity contribution in [1.82, 2.24) is 4.90 Å². The Labute approximate surface area is 111 Å². The summed E-state index contributed by atoms with van der Waals surface area (Å²) < 4.78 is 0. The van der Waals surface area contributed by atoms with E-state index in [1.54, 1.807) is 0 Å². The number of nitrogen functional groups attached to an aromatic ring is 1. The van der Waals surface area contributed by atoms with E-state index >= 15 is 0 Å². The molecule has 0 saturated carbocycles. The van der Waals surface area contributed by atoms with Crippen LogP contribution in [0, 0.1) is 6.92 Å². The van der Waals surface area contributed by atoms with Crippen LogP contribution in [0.2, 0.25) is 0 Å². The van der Waals surface area contributed by atoms with Crippen molar-refractivity contribution >= 4 is 11.4 Å². The molecule has 1 aliphatic heterocycles. The van der Waals surface area contributed by atoms with Gasteiger partial charge in [-0.05, 0) is 44.1 Å². The summed E-state index contributed by atoms with van der Waals surface area (Å²) in [4.78, 5) is 4.98. The minimum Gasteiger partial charge on any atom is -0.397 e. The van der Waals surface area contributed by atoms with Crippen LogP contribution in [0.4, 0.5) is 11.4 Å². The molecule has 0 aromatic heterocycles.